The van der Waals surface area contributed by atoms with E-state index in [1.54, 1.807) is 49.4 Å². The Balaban J connectivity index is 2.43. The van der Waals surface area contributed by atoms with Crippen LogP contribution in [0.25, 0.3) is 0 Å². The Hall–Kier alpha value is -2.21. The van der Waals surface area contributed by atoms with Gasteiger partial charge in [-0.15, -0.1) is 0 Å². The predicted molar refractivity (Wildman–Crippen MR) is 84.0 cm³/mol. The molecule has 0 aliphatic rings. The average molecular weight is 306 g/mol. The number of sulfonamides is 1. The maximum atomic E-state index is 12.6. The van der Waals surface area contributed by atoms with Crippen LogP contribution in [0.3, 0.4) is 0 Å². The number of nitrogens with two attached hydrogens (primary N) is 1. The molecular formula is C15H18N2O3S. The van der Waals surface area contributed by atoms with Crippen molar-refractivity contribution in [3.05, 3.63) is 48.0 Å². The van der Waals surface area contributed by atoms with Crippen molar-refractivity contribution in [1.82, 2.24) is 0 Å². The number of nitrogen functional groups attached to an aromatic ring is 1. The van der Waals surface area contributed by atoms with Crippen LogP contribution >= 0.6 is 0 Å². The molecule has 0 heterocycles. The molecule has 2 aromatic rings. The molecule has 0 saturated carbocycles. The zero-order chi connectivity index (χ0) is 15.5. The van der Waals surface area contributed by atoms with Gasteiger partial charge in [0.15, 0.2) is 0 Å². The largest absolute Gasteiger partial charge is 0.492 e. The van der Waals surface area contributed by atoms with Crippen LogP contribution in [-0.4, -0.2) is 15.0 Å². The average Bonchev–Trinajstić information content (AvgIpc) is 2.40. The molecular weight excluding hydrogens is 288 g/mol. The summed E-state index contributed by atoms with van der Waals surface area (Å²) in [6, 6.07) is 11.9. The van der Waals surface area contributed by atoms with E-state index >= 15 is 0 Å². The topological polar surface area (TPSA) is 81.4 Å². The zero-order valence-corrected chi connectivity index (χ0v) is 12.8. The van der Waals surface area contributed by atoms with Crippen molar-refractivity contribution in [2.24, 2.45) is 0 Å². The third kappa shape index (κ3) is 3.28. The number of hydrogen-bond donors (Lipinski definition) is 2. The quantitative estimate of drug-likeness (QED) is 0.832. The second-order valence-electron chi connectivity index (χ2n) is 4.53. The summed E-state index contributed by atoms with van der Waals surface area (Å²) in [6.45, 7) is 4.00. The Bertz CT molecular complexity index is 722. The molecule has 0 saturated heterocycles. The third-order valence-corrected chi connectivity index (χ3v) is 4.53. The van der Waals surface area contributed by atoms with E-state index in [0.717, 1.165) is 0 Å². The summed E-state index contributed by atoms with van der Waals surface area (Å²) < 4.78 is 33.1. The van der Waals surface area contributed by atoms with Gasteiger partial charge in [-0.25, -0.2) is 8.42 Å². The molecule has 21 heavy (non-hydrogen) atoms. The van der Waals surface area contributed by atoms with E-state index < -0.39 is 10.0 Å². The second kappa shape index (κ2) is 6.05. The summed E-state index contributed by atoms with van der Waals surface area (Å²) in [6.07, 6.45) is 0. The molecule has 0 aliphatic carbocycles. The number of ether oxygens (including phenoxy) is 1. The first-order chi connectivity index (χ1) is 9.95. The van der Waals surface area contributed by atoms with E-state index in [1.807, 2.05) is 6.92 Å². The van der Waals surface area contributed by atoms with Crippen LogP contribution in [-0.2, 0) is 10.0 Å². The Morgan fingerprint density at radius 1 is 1.14 bits per heavy atom. The summed E-state index contributed by atoms with van der Waals surface area (Å²) in [5, 5.41) is 0. The normalized spacial score (nSPS) is 11.1. The maximum absolute atomic E-state index is 12.6. The van der Waals surface area contributed by atoms with Crippen molar-refractivity contribution < 1.29 is 13.2 Å². The van der Waals surface area contributed by atoms with Gasteiger partial charge in [-0.05, 0) is 37.6 Å². The highest BCUT2D eigenvalue weighted by Gasteiger charge is 2.21. The molecule has 0 radical (unpaired) electrons. The summed E-state index contributed by atoms with van der Waals surface area (Å²) in [7, 11) is -3.77. The molecule has 0 fully saturated rings. The van der Waals surface area contributed by atoms with Gasteiger partial charge in [0, 0.05) is 0 Å². The first kappa shape index (κ1) is 15.2. The molecule has 0 spiro atoms. The van der Waals surface area contributed by atoms with Gasteiger partial charge in [0.25, 0.3) is 10.0 Å². The molecule has 0 bridgehead atoms. The lowest BCUT2D eigenvalue weighted by molar-refractivity contribution is 0.342. The molecule has 0 aromatic heterocycles. The lowest BCUT2D eigenvalue weighted by Crippen LogP contribution is -2.16. The van der Waals surface area contributed by atoms with Crippen LogP contribution < -0.4 is 15.2 Å². The molecule has 3 N–H and O–H groups in total. The highest BCUT2D eigenvalue weighted by atomic mass is 32.2. The second-order valence-corrected chi connectivity index (χ2v) is 6.15. The lowest BCUT2D eigenvalue weighted by atomic mass is 10.2. The van der Waals surface area contributed by atoms with Crippen LogP contribution in [0.2, 0.25) is 0 Å². The summed E-state index contributed by atoms with van der Waals surface area (Å²) in [4.78, 5) is 0.0938. The molecule has 6 heteroatoms. The van der Waals surface area contributed by atoms with Crippen molar-refractivity contribution in [2.75, 3.05) is 17.1 Å². The van der Waals surface area contributed by atoms with Crippen LogP contribution in [0.4, 0.5) is 11.4 Å². The standard InChI is InChI=1S/C15H18N2O3S/c1-3-20-14-10-5-4-9-13(14)17-21(18,19)15-11(2)7-6-8-12(15)16/h4-10,17H,3,16H2,1-2H3. The Morgan fingerprint density at radius 3 is 2.52 bits per heavy atom. The van der Waals surface area contributed by atoms with E-state index in [-0.39, 0.29) is 10.6 Å². The zero-order valence-electron chi connectivity index (χ0n) is 12.0. The Labute approximate surface area is 124 Å². The van der Waals surface area contributed by atoms with Gasteiger partial charge in [0.1, 0.15) is 10.6 Å². The van der Waals surface area contributed by atoms with Gasteiger partial charge < -0.3 is 10.5 Å². The lowest BCUT2D eigenvalue weighted by Gasteiger charge is -2.15. The molecule has 0 unspecified atom stereocenters. The fraction of sp³-hybridized carbons (Fsp3) is 0.200. The minimum Gasteiger partial charge on any atom is -0.492 e. The SMILES string of the molecule is CCOc1ccccc1NS(=O)(=O)c1c(C)cccc1N. The van der Waals surface area contributed by atoms with Crippen molar-refractivity contribution in [1.29, 1.82) is 0 Å². The van der Waals surface area contributed by atoms with Gasteiger partial charge >= 0.3 is 0 Å². The fourth-order valence-electron chi connectivity index (χ4n) is 2.07. The number of para-hydroxylation sites is 2. The molecule has 0 aliphatic heterocycles. The number of anilines is 2. The highest BCUT2D eigenvalue weighted by molar-refractivity contribution is 7.93. The molecule has 2 rings (SSSR count). The van der Waals surface area contributed by atoms with Gasteiger partial charge in [-0.3, -0.25) is 4.72 Å². The van der Waals surface area contributed by atoms with Gasteiger partial charge in [-0.1, -0.05) is 24.3 Å². The van der Waals surface area contributed by atoms with Crippen molar-refractivity contribution in [2.45, 2.75) is 18.7 Å². The predicted octanol–water partition coefficient (Wildman–Crippen LogP) is 2.78. The maximum Gasteiger partial charge on any atom is 0.264 e. The van der Waals surface area contributed by atoms with Crippen LogP contribution in [0.1, 0.15) is 12.5 Å². The Morgan fingerprint density at radius 2 is 1.86 bits per heavy atom. The summed E-state index contributed by atoms with van der Waals surface area (Å²) in [5.74, 6) is 0.482. The summed E-state index contributed by atoms with van der Waals surface area (Å²) >= 11 is 0. The highest BCUT2D eigenvalue weighted by Crippen LogP contribution is 2.29. The van der Waals surface area contributed by atoms with Crippen LogP contribution in [0, 0.1) is 6.92 Å². The van der Waals surface area contributed by atoms with Crippen molar-refractivity contribution in [3.8, 4) is 5.75 Å². The van der Waals surface area contributed by atoms with Gasteiger partial charge in [-0.2, -0.15) is 0 Å². The van der Waals surface area contributed by atoms with Gasteiger partial charge in [0.2, 0.25) is 0 Å². The molecule has 0 atom stereocenters. The van der Waals surface area contributed by atoms with Crippen LogP contribution in [0.15, 0.2) is 47.4 Å². The van der Waals surface area contributed by atoms with E-state index in [4.69, 9.17) is 10.5 Å². The first-order valence-corrected chi connectivity index (χ1v) is 8.03. The smallest absolute Gasteiger partial charge is 0.264 e. The molecule has 0 amide bonds. The minimum absolute atomic E-state index is 0.0938. The van der Waals surface area contributed by atoms with Crippen LogP contribution in [0.5, 0.6) is 5.75 Å². The number of hydrogen-bond acceptors (Lipinski definition) is 4. The first-order valence-electron chi connectivity index (χ1n) is 6.55. The molecule has 2 aromatic carbocycles. The van der Waals surface area contributed by atoms with Gasteiger partial charge in [0.05, 0.1) is 18.0 Å². The third-order valence-electron chi connectivity index (χ3n) is 2.94. The summed E-state index contributed by atoms with van der Waals surface area (Å²) in [5.41, 5.74) is 7.01. The van der Waals surface area contributed by atoms with E-state index in [2.05, 4.69) is 4.72 Å². The fourth-order valence-corrected chi connectivity index (χ4v) is 3.50. The number of benzene rings is 2. The molecule has 5 nitrogen and oxygen atoms in total. The van der Waals surface area contributed by atoms with Crippen molar-refractivity contribution in [3.63, 3.8) is 0 Å². The monoisotopic (exact) mass is 306 g/mol. The van der Waals surface area contributed by atoms with E-state index in [0.29, 0.717) is 23.6 Å². The Kier molecular flexibility index (Phi) is 4.37. The number of aryl methyl sites for hydroxylation is 1. The number of rotatable bonds is 5. The van der Waals surface area contributed by atoms with E-state index in [9.17, 15) is 8.42 Å². The number of nitrogens with one attached hydrogen (secondary N) is 1. The van der Waals surface area contributed by atoms with E-state index in [1.165, 1.54) is 0 Å². The minimum atomic E-state index is -3.77. The van der Waals surface area contributed by atoms with Crippen molar-refractivity contribution >= 4 is 21.4 Å². The molecule has 112 valence electrons.